The molecule has 1 aliphatic rings. The number of phenolic OH excluding ortho intramolecular Hbond substituents is 1. The average Bonchev–Trinajstić information content (AvgIpc) is 2.39. The minimum absolute atomic E-state index is 0.135. The average molecular weight is 236 g/mol. The Kier molecular flexibility index (Phi) is 3.82. The molecule has 1 aromatic rings. The van der Waals surface area contributed by atoms with E-state index < -0.39 is 0 Å². The molecule has 0 saturated carbocycles. The zero-order valence-electron chi connectivity index (χ0n) is 9.80. The number of benzene rings is 1. The number of hydrogen-bond acceptors (Lipinski definition) is 5. The number of nitrogens with zero attached hydrogens (tertiary/aromatic N) is 2. The normalized spacial score (nSPS) is 16.4. The largest absolute Gasteiger partial charge is 0.504 e. The van der Waals surface area contributed by atoms with Crippen molar-refractivity contribution in [2.24, 2.45) is 5.10 Å². The molecule has 1 aliphatic heterocycles. The fourth-order valence-corrected chi connectivity index (χ4v) is 1.59. The van der Waals surface area contributed by atoms with E-state index >= 15 is 0 Å². The van der Waals surface area contributed by atoms with Crippen LogP contribution in [-0.2, 0) is 4.74 Å². The Labute approximate surface area is 100 Å². The highest BCUT2D eigenvalue weighted by Gasteiger charge is 2.06. The number of phenols is 1. The summed E-state index contributed by atoms with van der Waals surface area (Å²) >= 11 is 0. The molecule has 5 heteroatoms. The van der Waals surface area contributed by atoms with Crippen molar-refractivity contribution in [2.75, 3.05) is 33.4 Å². The van der Waals surface area contributed by atoms with E-state index in [-0.39, 0.29) is 5.75 Å². The monoisotopic (exact) mass is 236 g/mol. The van der Waals surface area contributed by atoms with Gasteiger partial charge in [-0.3, -0.25) is 5.01 Å². The van der Waals surface area contributed by atoms with E-state index in [1.807, 2.05) is 5.01 Å². The van der Waals surface area contributed by atoms with Crippen molar-refractivity contribution >= 4 is 6.21 Å². The first-order valence-electron chi connectivity index (χ1n) is 5.53. The summed E-state index contributed by atoms with van der Waals surface area (Å²) in [6.45, 7) is 3.06. The molecule has 92 valence electrons. The SMILES string of the molecule is COc1cc(C=NN2CCOCC2)ccc1O. The third-order valence-electron chi connectivity index (χ3n) is 2.56. The van der Waals surface area contributed by atoms with E-state index in [0.29, 0.717) is 5.75 Å². The lowest BCUT2D eigenvalue weighted by Crippen LogP contribution is -2.32. The summed E-state index contributed by atoms with van der Waals surface area (Å²) in [5, 5.41) is 15.8. The molecule has 17 heavy (non-hydrogen) atoms. The van der Waals surface area contributed by atoms with Crippen LogP contribution in [0, 0.1) is 0 Å². The van der Waals surface area contributed by atoms with Gasteiger partial charge >= 0.3 is 0 Å². The molecule has 2 rings (SSSR count). The van der Waals surface area contributed by atoms with Crippen LogP contribution in [0.4, 0.5) is 0 Å². The number of methoxy groups -OCH3 is 1. The Bertz CT molecular complexity index is 401. The molecule has 0 radical (unpaired) electrons. The highest BCUT2D eigenvalue weighted by atomic mass is 16.5. The van der Waals surface area contributed by atoms with E-state index in [4.69, 9.17) is 9.47 Å². The van der Waals surface area contributed by atoms with Crippen LogP contribution < -0.4 is 4.74 Å². The van der Waals surface area contributed by atoms with Gasteiger partial charge in [0.1, 0.15) is 0 Å². The summed E-state index contributed by atoms with van der Waals surface area (Å²) in [6.07, 6.45) is 1.76. The lowest BCUT2D eigenvalue weighted by atomic mass is 10.2. The Morgan fingerprint density at radius 1 is 1.41 bits per heavy atom. The van der Waals surface area contributed by atoms with E-state index in [1.165, 1.54) is 7.11 Å². The van der Waals surface area contributed by atoms with Crippen LogP contribution in [-0.4, -0.2) is 49.7 Å². The van der Waals surface area contributed by atoms with Crippen LogP contribution in [0.5, 0.6) is 11.5 Å². The van der Waals surface area contributed by atoms with Crippen molar-refractivity contribution in [2.45, 2.75) is 0 Å². The van der Waals surface area contributed by atoms with Crippen molar-refractivity contribution in [1.82, 2.24) is 5.01 Å². The number of rotatable bonds is 3. The third kappa shape index (κ3) is 3.10. The second kappa shape index (κ2) is 5.54. The third-order valence-corrected chi connectivity index (χ3v) is 2.56. The van der Waals surface area contributed by atoms with Gasteiger partial charge in [0.2, 0.25) is 0 Å². The summed E-state index contributed by atoms with van der Waals surface area (Å²) < 4.78 is 10.3. The van der Waals surface area contributed by atoms with E-state index in [9.17, 15) is 5.11 Å². The Morgan fingerprint density at radius 3 is 2.88 bits per heavy atom. The zero-order valence-corrected chi connectivity index (χ0v) is 9.80. The van der Waals surface area contributed by atoms with Gasteiger partial charge in [-0.05, 0) is 23.8 Å². The molecule has 1 fully saturated rings. The van der Waals surface area contributed by atoms with Crippen molar-refractivity contribution < 1.29 is 14.6 Å². The van der Waals surface area contributed by atoms with Gasteiger partial charge in [0, 0.05) is 0 Å². The summed E-state index contributed by atoms with van der Waals surface area (Å²) in [5.41, 5.74) is 0.895. The van der Waals surface area contributed by atoms with Crippen molar-refractivity contribution in [3.8, 4) is 11.5 Å². The van der Waals surface area contributed by atoms with Gasteiger partial charge in [-0.1, -0.05) is 0 Å². The summed E-state index contributed by atoms with van der Waals surface area (Å²) in [5.74, 6) is 0.590. The molecular weight excluding hydrogens is 220 g/mol. The fraction of sp³-hybridized carbons (Fsp3) is 0.417. The molecule has 0 bridgehead atoms. The molecule has 0 spiro atoms. The van der Waals surface area contributed by atoms with E-state index in [0.717, 1.165) is 31.9 Å². The number of morpholine rings is 1. The lowest BCUT2D eigenvalue weighted by Gasteiger charge is -2.23. The molecule has 0 amide bonds. The Hall–Kier alpha value is -1.75. The van der Waals surface area contributed by atoms with Gasteiger partial charge in [-0.15, -0.1) is 0 Å². The second-order valence-corrected chi connectivity index (χ2v) is 3.74. The van der Waals surface area contributed by atoms with Gasteiger partial charge in [-0.25, -0.2) is 0 Å². The molecule has 0 aliphatic carbocycles. The Balaban J connectivity index is 2.04. The van der Waals surface area contributed by atoms with E-state index in [1.54, 1.807) is 24.4 Å². The van der Waals surface area contributed by atoms with Gasteiger partial charge in [0.25, 0.3) is 0 Å². The minimum atomic E-state index is 0.135. The van der Waals surface area contributed by atoms with Crippen LogP contribution in [0.3, 0.4) is 0 Å². The molecule has 0 unspecified atom stereocenters. The first-order valence-corrected chi connectivity index (χ1v) is 5.53. The van der Waals surface area contributed by atoms with Crippen molar-refractivity contribution in [1.29, 1.82) is 0 Å². The molecular formula is C12H16N2O3. The molecule has 1 N–H and O–H groups in total. The Morgan fingerprint density at radius 2 is 2.18 bits per heavy atom. The quantitative estimate of drug-likeness (QED) is 0.797. The van der Waals surface area contributed by atoms with Crippen LogP contribution in [0.2, 0.25) is 0 Å². The number of hydrogen-bond donors (Lipinski definition) is 1. The van der Waals surface area contributed by atoms with Crippen LogP contribution >= 0.6 is 0 Å². The highest BCUT2D eigenvalue weighted by molar-refractivity contribution is 5.80. The molecule has 1 heterocycles. The maximum Gasteiger partial charge on any atom is 0.161 e. The predicted molar refractivity (Wildman–Crippen MR) is 64.6 cm³/mol. The molecule has 0 atom stereocenters. The molecule has 1 aromatic carbocycles. The minimum Gasteiger partial charge on any atom is -0.504 e. The molecule has 1 saturated heterocycles. The van der Waals surface area contributed by atoms with Gasteiger partial charge in [0.15, 0.2) is 11.5 Å². The topological polar surface area (TPSA) is 54.3 Å². The smallest absolute Gasteiger partial charge is 0.161 e. The molecule has 5 nitrogen and oxygen atoms in total. The van der Waals surface area contributed by atoms with Gasteiger partial charge in [0.05, 0.1) is 39.6 Å². The fourth-order valence-electron chi connectivity index (χ4n) is 1.59. The first kappa shape index (κ1) is 11.7. The number of hydrazone groups is 1. The number of ether oxygens (including phenoxy) is 2. The van der Waals surface area contributed by atoms with Crippen LogP contribution in [0.25, 0.3) is 0 Å². The maximum atomic E-state index is 9.46. The van der Waals surface area contributed by atoms with Crippen LogP contribution in [0.15, 0.2) is 23.3 Å². The summed E-state index contributed by atoms with van der Waals surface area (Å²) in [6, 6.07) is 5.14. The van der Waals surface area contributed by atoms with Crippen molar-refractivity contribution in [3.63, 3.8) is 0 Å². The van der Waals surface area contributed by atoms with Gasteiger partial charge in [-0.2, -0.15) is 5.10 Å². The predicted octanol–water partition coefficient (Wildman–Crippen LogP) is 1.07. The van der Waals surface area contributed by atoms with Crippen molar-refractivity contribution in [3.05, 3.63) is 23.8 Å². The number of aromatic hydroxyl groups is 1. The van der Waals surface area contributed by atoms with Gasteiger partial charge < -0.3 is 14.6 Å². The lowest BCUT2D eigenvalue weighted by molar-refractivity contribution is 0.0397. The molecule has 0 aromatic heterocycles. The first-order chi connectivity index (χ1) is 8.29. The zero-order chi connectivity index (χ0) is 12.1. The summed E-state index contributed by atoms with van der Waals surface area (Å²) in [4.78, 5) is 0. The highest BCUT2D eigenvalue weighted by Crippen LogP contribution is 2.25. The standard InChI is InChI=1S/C12H16N2O3/c1-16-12-8-10(2-3-11(12)15)9-13-14-4-6-17-7-5-14/h2-3,8-9,15H,4-7H2,1H3. The summed E-state index contributed by atoms with van der Waals surface area (Å²) in [7, 11) is 1.53. The van der Waals surface area contributed by atoms with Crippen LogP contribution in [0.1, 0.15) is 5.56 Å². The second-order valence-electron chi connectivity index (χ2n) is 3.74. The maximum absolute atomic E-state index is 9.46. The van der Waals surface area contributed by atoms with E-state index in [2.05, 4.69) is 5.10 Å².